The molecule has 0 heterocycles. The van der Waals surface area contributed by atoms with Gasteiger partial charge in [0.05, 0.1) is 10.5 Å². The highest BCUT2D eigenvalue weighted by Crippen LogP contribution is 2.26. The maximum Gasteiger partial charge on any atom is 0.293 e. The second-order valence-corrected chi connectivity index (χ2v) is 3.12. The van der Waals surface area contributed by atoms with Crippen molar-refractivity contribution in [3.63, 3.8) is 0 Å². The number of benzene rings is 1. The molecule has 4 N–H and O–H groups in total. The topological polar surface area (TPSA) is 112 Å². The van der Waals surface area contributed by atoms with E-state index in [1.165, 1.54) is 6.07 Å². The molecule has 0 unspecified atom stereocenters. The van der Waals surface area contributed by atoms with E-state index in [4.69, 9.17) is 11.5 Å². The summed E-state index contributed by atoms with van der Waals surface area (Å²) in [6.45, 7) is 1.67. The van der Waals surface area contributed by atoms with Gasteiger partial charge in [-0.1, -0.05) is 5.92 Å². The van der Waals surface area contributed by atoms with E-state index < -0.39 is 10.8 Å². The molecule has 0 radical (unpaired) electrons. The van der Waals surface area contributed by atoms with Gasteiger partial charge in [-0.25, -0.2) is 0 Å². The summed E-state index contributed by atoms with van der Waals surface area (Å²) in [5.41, 5.74) is 10.9. The molecule has 1 rings (SSSR count). The fourth-order valence-corrected chi connectivity index (χ4v) is 1.16. The second-order valence-electron chi connectivity index (χ2n) is 3.12. The van der Waals surface area contributed by atoms with Crippen molar-refractivity contribution in [3.8, 4) is 11.8 Å². The van der Waals surface area contributed by atoms with Crippen molar-refractivity contribution >= 4 is 17.3 Å². The monoisotopic (exact) mass is 219 g/mol. The number of carbonyl (C=O) groups excluding carboxylic acids is 1. The normalized spacial score (nSPS) is 9.06. The van der Waals surface area contributed by atoms with Crippen LogP contribution in [0.15, 0.2) is 12.1 Å². The number of anilines is 1. The van der Waals surface area contributed by atoms with Crippen molar-refractivity contribution in [1.82, 2.24) is 0 Å². The van der Waals surface area contributed by atoms with Gasteiger partial charge in [-0.15, -0.1) is 0 Å². The van der Waals surface area contributed by atoms with Crippen molar-refractivity contribution in [2.75, 3.05) is 5.73 Å². The lowest BCUT2D eigenvalue weighted by Crippen LogP contribution is -2.06. The molecule has 0 aliphatic carbocycles. The molecule has 0 bridgehead atoms. The van der Waals surface area contributed by atoms with Crippen LogP contribution in [0.4, 0.5) is 11.4 Å². The molecule has 0 aromatic heterocycles. The minimum atomic E-state index is -0.816. The molecule has 0 atom stereocenters. The van der Waals surface area contributed by atoms with Gasteiger partial charge in [-0.05, 0) is 18.6 Å². The number of hydrogen-bond donors (Lipinski definition) is 2. The van der Waals surface area contributed by atoms with Gasteiger partial charge >= 0.3 is 0 Å². The van der Waals surface area contributed by atoms with Gasteiger partial charge < -0.3 is 11.5 Å². The van der Waals surface area contributed by atoms with E-state index in [9.17, 15) is 14.9 Å². The lowest BCUT2D eigenvalue weighted by Gasteiger charge is -2.01. The van der Waals surface area contributed by atoms with Crippen molar-refractivity contribution in [1.29, 1.82) is 0 Å². The molecule has 0 saturated heterocycles. The number of nitro groups is 1. The molecule has 16 heavy (non-hydrogen) atoms. The molecule has 1 aromatic carbocycles. The standard InChI is InChI=1S/C10H9N3O3/c1-6-4-7(2-3-9(11)14)10(12)8(5-6)13(15)16/h4-5H,12H2,1H3,(H2,11,14). The number of rotatable bonds is 1. The van der Waals surface area contributed by atoms with Gasteiger partial charge in [0.15, 0.2) is 0 Å². The van der Waals surface area contributed by atoms with Crippen LogP contribution < -0.4 is 11.5 Å². The average molecular weight is 219 g/mol. The molecule has 6 nitrogen and oxygen atoms in total. The first-order chi connectivity index (χ1) is 7.41. The first kappa shape index (κ1) is 11.5. The van der Waals surface area contributed by atoms with E-state index in [0.29, 0.717) is 5.56 Å². The smallest absolute Gasteiger partial charge is 0.293 e. The highest BCUT2D eigenvalue weighted by molar-refractivity contribution is 5.93. The Morgan fingerprint density at radius 2 is 2.12 bits per heavy atom. The fourth-order valence-electron chi connectivity index (χ4n) is 1.16. The second kappa shape index (κ2) is 4.31. The van der Waals surface area contributed by atoms with Crippen molar-refractivity contribution in [3.05, 3.63) is 33.4 Å². The Kier molecular flexibility index (Phi) is 3.11. The molecule has 1 amide bonds. The quantitative estimate of drug-likeness (QED) is 0.306. The molecular formula is C10H9N3O3. The third kappa shape index (κ3) is 2.48. The average Bonchev–Trinajstić information content (AvgIpc) is 2.18. The number of aryl methyl sites for hydroxylation is 1. The Morgan fingerprint density at radius 3 is 2.62 bits per heavy atom. The molecule has 0 saturated carbocycles. The highest BCUT2D eigenvalue weighted by Gasteiger charge is 2.14. The van der Waals surface area contributed by atoms with Crippen LogP contribution in [-0.4, -0.2) is 10.8 Å². The van der Waals surface area contributed by atoms with Crippen molar-refractivity contribution < 1.29 is 9.72 Å². The van der Waals surface area contributed by atoms with Gasteiger partial charge in [0.2, 0.25) is 0 Å². The largest absolute Gasteiger partial charge is 0.392 e. The predicted molar refractivity (Wildman–Crippen MR) is 58.3 cm³/mol. The Labute approximate surface area is 91.4 Å². The molecule has 1 aromatic rings. The summed E-state index contributed by atoms with van der Waals surface area (Å²) in [5.74, 6) is 3.66. The van der Waals surface area contributed by atoms with E-state index in [-0.39, 0.29) is 16.9 Å². The minimum absolute atomic E-state index is 0.0654. The van der Waals surface area contributed by atoms with E-state index in [1.807, 2.05) is 0 Å². The number of nitro benzene ring substituents is 1. The van der Waals surface area contributed by atoms with Crippen LogP contribution in [0.2, 0.25) is 0 Å². The SMILES string of the molecule is Cc1cc(C#CC(N)=O)c(N)c([N+](=O)[O-])c1. The third-order valence-corrected chi connectivity index (χ3v) is 1.82. The summed E-state index contributed by atoms with van der Waals surface area (Å²) < 4.78 is 0. The van der Waals surface area contributed by atoms with E-state index in [0.717, 1.165) is 0 Å². The van der Waals surface area contributed by atoms with Crippen LogP contribution in [0.5, 0.6) is 0 Å². The number of nitrogens with zero attached hydrogens (tertiary/aromatic N) is 1. The number of nitrogen functional groups attached to an aromatic ring is 1. The zero-order valence-corrected chi connectivity index (χ0v) is 8.48. The number of carbonyl (C=O) groups is 1. The summed E-state index contributed by atoms with van der Waals surface area (Å²) >= 11 is 0. The lowest BCUT2D eigenvalue weighted by atomic mass is 10.1. The van der Waals surface area contributed by atoms with E-state index >= 15 is 0 Å². The van der Waals surface area contributed by atoms with Crippen LogP contribution in [0.1, 0.15) is 11.1 Å². The zero-order valence-electron chi connectivity index (χ0n) is 8.48. The van der Waals surface area contributed by atoms with Crippen LogP contribution in [-0.2, 0) is 4.79 Å². The molecule has 0 aliphatic rings. The van der Waals surface area contributed by atoms with Gasteiger partial charge in [0.1, 0.15) is 5.69 Å². The van der Waals surface area contributed by atoms with Crippen LogP contribution in [0.25, 0.3) is 0 Å². The van der Waals surface area contributed by atoms with Gasteiger partial charge in [0, 0.05) is 12.0 Å². The van der Waals surface area contributed by atoms with Gasteiger partial charge in [-0.2, -0.15) is 0 Å². The molecule has 82 valence electrons. The molecule has 0 spiro atoms. The first-order valence-electron chi connectivity index (χ1n) is 4.27. The Morgan fingerprint density at radius 1 is 1.50 bits per heavy atom. The number of primary amides is 1. The van der Waals surface area contributed by atoms with E-state index in [2.05, 4.69) is 11.8 Å². The summed E-state index contributed by atoms with van der Waals surface area (Å²) in [5, 5.41) is 10.7. The highest BCUT2D eigenvalue weighted by atomic mass is 16.6. The molecule has 6 heteroatoms. The van der Waals surface area contributed by atoms with Crippen LogP contribution >= 0.6 is 0 Å². The van der Waals surface area contributed by atoms with Crippen LogP contribution in [0, 0.1) is 28.9 Å². The minimum Gasteiger partial charge on any atom is -0.392 e. The number of amides is 1. The summed E-state index contributed by atoms with van der Waals surface area (Å²) in [4.78, 5) is 20.5. The molecular weight excluding hydrogens is 210 g/mol. The number of hydrogen-bond acceptors (Lipinski definition) is 4. The molecule has 0 fully saturated rings. The van der Waals surface area contributed by atoms with Crippen molar-refractivity contribution in [2.45, 2.75) is 6.92 Å². The number of nitrogens with two attached hydrogens (primary N) is 2. The maximum atomic E-state index is 10.7. The summed E-state index contributed by atoms with van der Waals surface area (Å²) in [7, 11) is 0. The Bertz CT molecular complexity index is 526. The molecule has 0 aliphatic heterocycles. The summed E-state index contributed by atoms with van der Waals surface area (Å²) in [6, 6.07) is 2.89. The zero-order chi connectivity index (χ0) is 12.3. The van der Waals surface area contributed by atoms with E-state index in [1.54, 1.807) is 13.0 Å². The predicted octanol–water partition coefficient (Wildman–Crippen LogP) is 0.322. The maximum absolute atomic E-state index is 10.7. The van der Waals surface area contributed by atoms with Crippen LogP contribution in [0.3, 0.4) is 0 Å². The van der Waals surface area contributed by atoms with Gasteiger partial charge in [-0.3, -0.25) is 14.9 Å². The summed E-state index contributed by atoms with van der Waals surface area (Å²) in [6.07, 6.45) is 0. The lowest BCUT2D eigenvalue weighted by molar-refractivity contribution is -0.384. The third-order valence-electron chi connectivity index (χ3n) is 1.82. The van der Waals surface area contributed by atoms with Gasteiger partial charge in [0.25, 0.3) is 11.6 Å². The Balaban J connectivity index is 3.37. The first-order valence-corrected chi connectivity index (χ1v) is 4.27. The Hall–Kier alpha value is -2.55. The van der Waals surface area contributed by atoms with Crippen molar-refractivity contribution in [2.24, 2.45) is 5.73 Å². The fraction of sp³-hybridized carbons (Fsp3) is 0.100.